The molecule has 2 rings (SSSR count). The molecule has 1 aliphatic heterocycles. The van der Waals surface area contributed by atoms with E-state index < -0.39 is 29.1 Å². The van der Waals surface area contributed by atoms with E-state index in [-0.39, 0.29) is 41.5 Å². The van der Waals surface area contributed by atoms with Gasteiger partial charge in [0.05, 0.1) is 0 Å². The quantitative estimate of drug-likeness (QED) is 0.517. The summed E-state index contributed by atoms with van der Waals surface area (Å²) in [5.74, 6) is -3.70. The van der Waals surface area contributed by atoms with Crippen molar-refractivity contribution >= 4 is 28.7 Å². The molecular weight excluding hydrogens is 436 g/mol. The number of ether oxygens (including phenoxy) is 1. The van der Waals surface area contributed by atoms with Crippen molar-refractivity contribution in [3.05, 3.63) is 35.1 Å². The molecule has 1 heterocycles. The summed E-state index contributed by atoms with van der Waals surface area (Å²) >= 11 is 1.20. The number of benzene rings is 1. The first-order valence-corrected chi connectivity index (χ1v) is 10.5. The van der Waals surface area contributed by atoms with Gasteiger partial charge in [0.25, 0.3) is 0 Å². The van der Waals surface area contributed by atoms with Crippen molar-refractivity contribution in [3.8, 4) is 0 Å². The predicted molar refractivity (Wildman–Crippen MR) is 101 cm³/mol. The van der Waals surface area contributed by atoms with E-state index in [0.29, 0.717) is 19.2 Å². The standard InChI is InChI=1S/C19H26AsF3N2O3/c1-19(2,3)28-10-16-18(27)24-4-5-25(16)17(26)8-12(20)6-11-7-14(22)15(23)9-13(11)21/h7,9,12,16H,4-6,8,10,20H2,1-3H3,(H,24,27). The molecule has 1 N–H and O–H groups in total. The SMILES string of the molecule is CC(C)(C)OCC1C(=O)NCCN1C(=O)CC([AsH2])Cc1cc(F)c(F)cc1F. The third kappa shape index (κ3) is 6.24. The second-order valence-corrected chi connectivity index (χ2v) is 9.82. The first-order chi connectivity index (χ1) is 13.0. The number of nitrogens with zero attached hydrogens (tertiary/aromatic N) is 1. The van der Waals surface area contributed by atoms with Gasteiger partial charge < -0.3 is 0 Å². The van der Waals surface area contributed by atoms with Crippen molar-refractivity contribution in [1.29, 1.82) is 0 Å². The third-order valence-corrected chi connectivity index (χ3v) is 5.32. The monoisotopic (exact) mass is 462 g/mol. The minimum atomic E-state index is -1.24. The Kier molecular flexibility index (Phi) is 7.57. The van der Waals surface area contributed by atoms with Crippen molar-refractivity contribution in [3.63, 3.8) is 0 Å². The Morgan fingerprint density at radius 3 is 2.57 bits per heavy atom. The number of carbonyl (C=O) groups is 2. The van der Waals surface area contributed by atoms with Crippen LogP contribution < -0.4 is 5.32 Å². The maximum atomic E-state index is 13.8. The summed E-state index contributed by atoms with van der Waals surface area (Å²) < 4.78 is 45.7. The summed E-state index contributed by atoms with van der Waals surface area (Å²) in [7, 11) is 0. The van der Waals surface area contributed by atoms with Crippen LogP contribution in [0.2, 0.25) is 4.71 Å². The molecule has 0 bridgehead atoms. The van der Waals surface area contributed by atoms with E-state index in [1.54, 1.807) is 0 Å². The fraction of sp³-hybridized carbons (Fsp3) is 0.579. The van der Waals surface area contributed by atoms with Gasteiger partial charge in [-0.3, -0.25) is 0 Å². The van der Waals surface area contributed by atoms with Gasteiger partial charge in [-0.15, -0.1) is 0 Å². The number of carbonyl (C=O) groups excluding carboxylic acids is 2. The molecule has 5 nitrogen and oxygen atoms in total. The summed E-state index contributed by atoms with van der Waals surface area (Å²) in [5.41, 5.74) is -0.419. The fourth-order valence-electron chi connectivity index (χ4n) is 2.92. The van der Waals surface area contributed by atoms with Crippen molar-refractivity contribution in [1.82, 2.24) is 10.2 Å². The molecule has 0 saturated carbocycles. The average Bonchev–Trinajstić information content (AvgIpc) is 2.57. The Morgan fingerprint density at radius 1 is 1.29 bits per heavy atom. The fourth-order valence-corrected chi connectivity index (χ4v) is 3.88. The number of amides is 2. The maximum absolute atomic E-state index is 13.8. The first-order valence-electron chi connectivity index (χ1n) is 9.08. The minimum absolute atomic E-state index is 0.0325. The van der Waals surface area contributed by atoms with Gasteiger partial charge in [-0.1, -0.05) is 0 Å². The van der Waals surface area contributed by atoms with Crippen LogP contribution in [0.25, 0.3) is 0 Å². The zero-order chi connectivity index (χ0) is 21.1. The number of nitrogens with one attached hydrogen (secondary N) is 1. The molecule has 1 aliphatic rings. The molecular formula is C19H26AsF3N2O3. The van der Waals surface area contributed by atoms with Crippen molar-refractivity contribution in [2.75, 3.05) is 19.7 Å². The van der Waals surface area contributed by atoms with Gasteiger partial charge in [0.2, 0.25) is 0 Å². The van der Waals surface area contributed by atoms with Crippen molar-refractivity contribution in [2.24, 2.45) is 0 Å². The Hall–Kier alpha value is -1.53. The van der Waals surface area contributed by atoms with E-state index >= 15 is 0 Å². The van der Waals surface area contributed by atoms with Gasteiger partial charge in [-0.05, 0) is 0 Å². The van der Waals surface area contributed by atoms with Crippen LogP contribution in [0.3, 0.4) is 0 Å². The van der Waals surface area contributed by atoms with Gasteiger partial charge in [0, 0.05) is 0 Å². The number of rotatable bonds is 6. The molecule has 1 aromatic rings. The molecule has 156 valence electrons. The Labute approximate surface area is 171 Å². The summed E-state index contributed by atoms with van der Waals surface area (Å²) in [6.45, 7) is 6.39. The van der Waals surface area contributed by atoms with Crippen LogP contribution in [0.15, 0.2) is 12.1 Å². The van der Waals surface area contributed by atoms with E-state index in [9.17, 15) is 22.8 Å². The third-order valence-electron chi connectivity index (χ3n) is 4.33. The topological polar surface area (TPSA) is 58.6 Å². The van der Waals surface area contributed by atoms with E-state index in [0.717, 1.165) is 6.07 Å². The molecule has 3 unspecified atom stereocenters. The van der Waals surface area contributed by atoms with E-state index in [4.69, 9.17) is 4.74 Å². The first kappa shape index (κ1) is 22.8. The summed E-state index contributed by atoms with van der Waals surface area (Å²) in [6.07, 6.45) is 0.190. The van der Waals surface area contributed by atoms with Crippen LogP contribution >= 0.6 is 0 Å². The predicted octanol–water partition coefficient (Wildman–Crippen LogP) is 1.60. The molecule has 28 heavy (non-hydrogen) atoms. The molecule has 0 spiro atoms. The van der Waals surface area contributed by atoms with Gasteiger partial charge >= 0.3 is 171 Å². The normalized spacial score (nSPS) is 18.8. The van der Waals surface area contributed by atoms with Crippen LogP contribution in [0, 0.1) is 17.5 Å². The van der Waals surface area contributed by atoms with Gasteiger partial charge in [-0.25, -0.2) is 0 Å². The molecule has 2 amide bonds. The number of piperazine rings is 1. The molecule has 1 aromatic carbocycles. The van der Waals surface area contributed by atoms with Crippen molar-refractivity contribution < 1.29 is 27.5 Å². The van der Waals surface area contributed by atoms with Crippen LogP contribution in [0.5, 0.6) is 0 Å². The Bertz CT molecular complexity index is 740. The number of halogens is 3. The Balaban J connectivity index is 2.02. The second-order valence-electron chi connectivity index (χ2n) is 7.84. The molecule has 1 saturated heterocycles. The molecule has 0 aromatic heterocycles. The zero-order valence-corrected chi connectivity index (χ0v) is 18.7. The summed E-state index contributed by atoms with van der Waals surface area (Å²) in [5, 5.41) is 2.73. The number of hydrogen-bond acceptors (Lipinski definition) is 3. The van der Waals surface area contributed by atoms with Crippen LogP contribution in [0.4, 0.5) is 13.2 Å². The zero-order valence-electron chi connectivity index (χ0n) is 16.2. The summed E-state index contributed by atoms with van der Waals surface area (Å²) in [6, 6.07) is 0.622. The molecule has 0 radical (unpaired) electrons. The van der Waals surface area contributed by atoms with Gasteiger partial charge in [-0.2, -0.15) is 0 Å². The van der Waals surface area contributed by atoms with Gasteiger partial charge in [0.15, 0.2) is 0 Å². The van der Waals surface area contributed by atoms with E-state index in [2.05, 4.69) is 5.32 Å². The van der Waals surface area contributed by atoms with E-state index in [1.165, 1.54) is 21.8 Å². The summed E-state index contributed by atoms with van der Waals surface area (Å²) in [4.78, 5) is 26.5. The van der Waals surface area contributed by atoms with Gasteiger partial charge in [0.1, 0.15) is 0 Å². The van der Waals surface area contributed by atoms with Crippen LogP contribution in [-0.2, 0) is 20.7 Å². The second kappa shape index (κ2) is 9.31. The molecule has 9 heteroatoms. The average molecular weight is 462 g/mol. The van der Waals surface area contributed by atoms with Crippen LogP contribution in [-0.4, -0.2) is 64.9 Å². The van der Waals surface area contributed by atoms with Crippen molar-refractivity contribution in [2.45, 2.75) is 50.0 Å². The number of hydrogen-bond donors (Lipinski definition) is 1. The molecule has 1 fully saturated rings. The molecule has 0 aliphatic carbocycles. The Morgan fingerprint density at radius 2 is 1.93 bits per heavy atom. The van der Waals surface area contributed by atoms with E-state index in [1.807, 2.05) is 20.8 Å². The molecule has 3 atom stereocenters. The van der Waals surface area contributed by atoms with Crippen LogP contribution in [0.1, 0.15) is 32.8 Å².